The number of nitrogens with one attached hydrogen (secondary N) is 3. The molecule has 43 heavy (non-hydrogen) atoms. The maximum Gasteiger partial charge on any atom is 0.251 e. The van der Waals surface area contributed by atoms with Crippen molar-refractivity contribution in [3.8, 4) is 0 Å². The van der Waals surface area contributed by atoms with E-state index in [-0.39, 0.29) is 24.4 Å². The first-order chi connectivity index (χ1) is 20.3. The lowest BCUT2D eigenvalue weighted by Gasteiger charge is -2.47. The zero-order valence-corrected chi connectivity index (χ0v) is 26.4. The number of benzene rings is 3. The van der Waals surface area contributed by atoms with Gasteiger partial charge in [-0.2, -0.15) is 0 Å². The van der Waals surface area contributed by atoms with Gasteiger partial charge in [-0.3, -0.25) is 18.2 Å². The van der Waals surface area contributed by atoms with Crippen LogP contribution in [0.4, 0.5) is 11.4 Å². The van der Waals surface area contributed by atoms with E-state index in [1.807, 2.05) is 43.3 Å². The van der Waals surface area contributed by atoms with Crippen LogP contribution in [-0.2, 0) is 12.8 Å². The molecule has 1 aliphatic carbocycles. The monoisotopic (exact) mass is 628 g/mol. The van der Waals surface area contributed by atoms with Gasteiger partial charge in [-0.05, 0) is 80.3 Å². The molecule has 1 saturated heterocycles. The number of carbonyl (C=O) groups is 1. The first kappa shape index (κ1) is 33.1. The summed E-state index contributed by atoms with van der Waals surface area (Å²) in [4.78, 5) is 13.8. The number of nitrogens with zero attached hydrogens (tertiary/aromatic N) is 1. The maximum atomic E-state index is 13.8. The van der Waals surface area contributed by atoms with Crippen LogP contribution in [0.2, 0.25) is 0 Å². The Kier molecular flexibility index (Phi) is 11.8. The maximum absolute atomic E-state index is 13.8. The van der Waals surface area contributed by atoms with Crippen LogP contribution in [0, 0.1) is 0 Å². The van der Waals surface area contributed by atoms with Gasteiger partial charge in [-0.15, -0.1) is 23.2 Å². The molecule has 234 valence electrons. The molecule has 1 heterocycles. The van der Waals surface area contributed by atoms with E-state index in [0.29, 0.717) is 43.1 Å². The molecule has 3 aromatic carbocycles. The molecule has 10 heteroatoms. The molecule has 0 aromatic heterocycles. The van der Waals surface area contributed by atoms with Crippen LogP contribution in [0.5, 0.6) is 0 Å². The van der Waals surface area contributed by atoms with Crippen molar-refractivity contribution >= 4 is 40.5 Å². The number of hydrogen-bond donors (Lipinski definition) is 6. The number of hydrogen-bond acceptors (Lipinski definition) is 7. The number of aryl methyl sites for hydroxylation is 1. The summed E-state index contributed by atoms with van der Waals surface area (Å²) in [6.07, 6.45) is 4.45. The van der Waals surface area contributed by atoms with Gasteiger partial charge in [-0.25, -0.2) is 0 Å². The molecule has 1 aliphatic heterocycles. The summed E-state index contributed by atoms with van der Waals surface area (Å²) in [5.41, 5.74) is 5.41. The number of aliphatic hydroxyl groups is 1. The van der Waals surface area contributed by atoms with Crippen molar-refractivity contribution in [2.24, 2.45) is 0 Å². The summed E-state index contributed by atoms with van der Waals surface area (Å²) >= 11 is 0. The van der Waals surface area contributed by atoms with E-state index in [2.05, 4.69) is 40.2 Å². The summed E-state index contributed by atoms with van der Waals surface area (Å²) < 4.78 is 23.1. The Labute approximate surface area is 263 Å². The average Bonchev–Trinajstić information content (AvgIpc) is 2.99. The second kappa shape index (κ2) is 15.3. The molecule has 2 aliphatic rings. The molecule has 3 aromatic rings. The number of amides is 1. The molecular formula is C33H45ClN4O4S. The van der Waals surface area contributed by atoms with Gasteiger partial charge in [0.25, 0.3) is 5.91 Å². The van der Waals surface area contributed by atoms with Gasteiger partial charge in [0.15, 0.2) is 0 Å². The quantitative estimate of drug-likeness (QED) is 0.150. The van der Waals surface area contributed by atoms with Gasteiger partial charge in [-0.1, -0.05) is 54.6 Å². The molecule has 1 amide bonds. The number of rotatable bonds is 11. The number of halogens is 1. The SMILES string of the molecule is CCNc1cc(C(=O)N[C@@H](Cc2ccccc2)[C@H](O)CNC2CCCc3ccccc32)cc(N2CCCCS2(O)O)c1.Cl. The van der Waals surface area contributed by atoms with Crippen LogP contribution in [0.25, 0.3) is 0 Å². The molecule has 0 bridgehead atoms. The van der Waals surface area contributed by atoms with E-state index in [4.69, 9.17) is 0 Å². The second-order valence-corrected chi connectivity index (χ2v) is 13.4. The molecule has 1 unspecified atom stereocenters. The zero-order valence-electron chi connectivity index (χ0n) is 24.7. The standard InChI is InChI=1S/C33H44N4O4S.ClH/c1-2-34-27-20-26(21-28(22-27)37-17-8-9-18-42(37,40)41)33(39)36-31(19-24-11-4-3-5-12-24)32(38)23-35-30-16-10-14-25-13-6-7-15-29(25)30;/h3-7,11-13,15,20-22,30-32,34-35,38,40-41H,2,8-10,14,16-19,23H2,1H3,(H,36,39);1H/t30?,31-,32+;/m0./s1. The predicted octanol–water partition coefficient (Wildman–Crippen LogP) is 6.18. The zero-order chi connectivity index (χ0) is 29.5. The summed E-state index contributed by atoms with van der Waals surface area (Å²) in [5, 5.41) is 21.4. The molecular weight excluding hydrogens is 584 g/mol. The van der Waals surface area contributed by atoms with Crippen LogP contribution in [-0.4, -0.2) is 57.7 Å². The Balaban J connectivity index is 0.00000423. The first-order valence-corrected chi connectivity index (χ1v) is 16.8. The Morgan fingerprint density at radius 3 is 2.56 bits per heavy atom. The van der Waals surface area contributed by atoms with Gasteiger partial charge < -0.3 is 21.1 Å². The summed E-state index contributed by atoms with van der Waals surface area (Å²) in [6.45, 7) is 3.50. The van der Waals surface area contributed by atoms with Crippen LogP contribution < -0.4 is 20.3 Å². The highest BCUT2D eigenvalue weighted by Crippen LogP contribution is 2.50. The van der Waals surface area contributed by atoms with Gasteiger partial charge in [0.2, 0.25) is 0 Å². The van der Waals surface area contributed by atoms with E-state index >= 15 is 0 Å². The highest BCUT2D eigenvalue weighted by Gasteiger charge is 2.29. The normalized spacial score (nSPS) is 19.7. The van der Waals surface area contributed by atoms with Gasteiger partial charge in [0.05, 0.1) is 23.6 Å². The lowest BCUT2D eigenvalue weighted by Crippen LogP contribution is -2.49. The molecule has 0 spiro atoms. The average molecular weight is 629 g/mol. The molecule has 8 nitrogen and oxygen atoms in total. The van der Waals surface area contributed by atoms with Crippen LogP contribution in [0.1, 0.15) is 65.7 Å². The Hall–Kier alpha value is -2.79. The third-order valence-electron chi connectivity index (χ3n) is 8.25. The minimum absolute atomic E-state index is 0. The van der Waals surface area contributed by atoms with Crippen molar-refractivity contribution in [1.29, 1.82) is 0 Å². The highest BCUT2D eigenvalue weighted by atomic mass is 35.5. The lowest BCUT2D eigenvalue weighted by atomic mass is 9.87. The topological polar surface area (TPSA) is 117 Å². The third-order valence-corrected chi connectivity index (χ3v) is 10.2. The summed E-state index contributed by atoms with van der Waals surface area (Å²) in [6, 6.07) is 23.3. The second-order valence-electron chi connectivity index (χ2n) is 11.3. The Bertz CT molecular complexity index is 1350. The van der Waals surface area contributed by atoms with Crippen molar-refractivity contribution in [3.05, 3.63) is 95.1 Å². The minimum Gasteiger partial charge on any atom is -0.390 e. The molecule has 3 atom stereocenters. The van der Waals surface area contributed by atoms with Crippen molar-refractivity contribution in [2.45, 2.75) is 63.6 Å². The summed E-state index contributed by atoms with van der Waals surface area (Å²) in [7, 11) is -2.94. The molecule has 1 fully saturated rings. The molecule has 0 radical (unpaired) electrons. The smallest absolute Gasteiger partial charge is 0.251 e. The number of anilines is 2. The van der Waals surface area contributed by atoms with Gasteiger partial charge in [0, 0.05) is 36.9 Å². The van der Waals surface area contributed by atoms with Crippen molar-refractivity contribution in [3.63, 3.8) is 0 Å². The van der Waals surface area contributed by atoms with Crippen molar-refractivity contribution < 1.29 is 19.0 Å². The van der Waals surface area contributed by atoms with E-state index < -0.39 is 22.9 Å². The van der Waals surface area contributed by atoms with E-state index in [0.717, 1.165) is 43.4 Å². The fourth-order valence-corrected chi connectivity index (χ4v) is 7.75. The number of carbonyl (C=O) groups excluding carboxylic acids is 1. The van der Waals surface area contributed by atoms with E-state index in [9.17, 15) is 19.0 Å². The van der Waals surface area contributed by atoms with Gasteiger partial charge in [0.1, 0.15) is 0 Å². The van der Waals surface area contributed by atoms with Crippen molar-refractivity contribution in [2.75, 3.05) is 35.0 Å². The van der Waals surface area contributed by atoms with Gasteiger partial charge >= 0.3 is 0 Å². The summed E-state index contributed by atoms with van der Waals surface area (Å²) in [5.74, 6) is 0.0107. The van der Waals surface area contributed by atoms with E-state index in [1.165, 1.54) is 11.1 Å². The highest BCUT2D eigenvalue weighted by molar-refractivity contribution is 8.25. The fraction of sp³-hybridized carbons (Fsp3) is 0.424. The number of aliphatic hydroxyl groups excluding tert-OH is 1. The largest absolute Gasteiger partial charge is 0.390 e. The first-order valence-electron chi connectivity index (χ1n) is 15.1. The number of fused-ring (bicyclic) bond motifs is 1. The fourth-order valence-electron chi connectivity index (χ4n) is 6.07. The molecule has 5 rings (SSSR count). The van der Waals surface area contributed by atoms with Crippen LogP contribution >= 0.6 is 23.2 Å². The minimum atomic E-state index is -2.94. The Morgan fingerprint density at radius 1 is 1.02 bits per heavy atom. The molecule has 0 saturated carbocycles. The van der Waals surface area contributed by atoms with Crippen LogP contribution in [0.15, 0.2) is 72.8 Å². The lowest BCUT2D eigenvalue weighted by molar-refractivity contribution is 0.0823. The van der Waals surface area contributed by atoms with E-state index in [1.54, 1.807) is 16.4 Å². The van der Waals surface area contributed by atoms with Crippen molar-refractivity contribution in [1.82, 2.24) is 10.6 Å². The third kappa shape index (κ3) is 8.44. The van der Waals surface area contributed by atoms with Crippen LogP contribution in [0.3, 0.4) is 0 Å². The Morgan fingerprint density at radius 2 is 1.79 bits per heavy atom. The molecule has 6 N–H and O–H groups in total. The predicted molar refractivity (Wildman–Crippen MR) is 180 cm³/mol.